The van der Waals surface area contributed by atoms with Crippen LogP contribution in [-0.2, 0) is 9.59 Å². The molecule has 0 unspecified atom stereocenters. The number of hydrogen-bond acceptors (Lipinski definition) is 3. The molecule has 0 heterocycles. The number of ketones is 1. The molecular weight excluding hydrogens is 426 g/mol. The first-order chi connectivity index (χ1) is 15.8. The fraction of sp³-hybridized carbons (Fsp3) is 0.448. The number of amides is 1. The molecule has 1 saturated carbocycles. The van der Waals surface area contributed by atoms with E-state index in [9.17, 15) is 9.59 Å². The normalized spacial score (nSPS) is 28.5. The maximum atomic E-state index is 14.4. The number of benzene rings is 2. The number of carbonyl (C=O) groups excluding carboxylic acids is 2. The Hall–Kier alpha value is -2.33. The average molecular weight is 462 g/mol. The van der Waals surface area contributed by atoms with E-state index in [4.69, 9.17) is 0 Å². The van der Waals surface area contributed by atoms with Gasteiger partial charge >= 0.3 is 0 Å². The summed E-state index contributed by atoms with van der Waals surface area (Å²) >= 11 is 1.84. The maximum absolute atomic E-state index is 14.4. The molecule has 0 aromatic heterocycles. The number of fused-ring (bicyclic) bond motifs is 2. The van der Waals surface area contributed by atoms with Crippen molar-refractivity contribution >= 4 is 34.6 Å². The van der Waals surface area contributed by atoms with Crippen molar-refractivity contribution in [2.24, 2.45) is 16.7 Å². The molecule has 33 heavy (non-hydrogen) atoms. The summed E-state index contributed by atoms with van der Waals surface area (Å²) in [7, 11) is 3.63. The number of unbranched alkanes of at least 4 members (excludes halogenated alkanes) is 2. The van der Waals surface area contributed by atoms with Crippen LogP contribution >= 0.6 is 11.8 Å². The van der Waals surface area contributed by atoms with Crippen LogP contribution in [0, 0.1) is 16.7 Å². The van der Waals surface area contributed by atoms with E-state index >= 15 is 0 Å². The van der Waals surface area contributed by atoms with Gasteiger partial charge in [-0.1, -0.05) is 80.4 Å². The fourth-order valence-corrected chi connectivity index (χ4v) is 7.83. The molecule has 174 valence electrons. The van der Waals surface area contributed by atoms with Crippen molar-refractivity contribution in [1.29, 1.82) is 0 Å². The van der Waals surface area contributed by atoms with E-state index in [1.807, 2.05) is 69.2 Å². The van der Waals surface area contributed by atoms with E-state index in [0.717, 1.165) is 40.9 Å². The zero-order valence-electron chi connectivity index (χ0n) is 20.4. The van der Waals surface area contributed by atoms with Gasteiger partial charge in [0.2, 0.25) is 5.91 Å². The van der Waals surface area contributed by atoms with Gasteiger partial charge in [0.25, 0.3) is 0 Å². The number of nitrogens with zero attached hydrogens (tertiary/aromatic N) is 1. The van der Waals surface area contributed by atoms with Crippen molar-refractivity contribution < 1.29 is 9.59 Å². The number of allylic oxidation sites excluding steroid dienone is 2. The summed E-state index contributed by atoms with van der Waals surface area (Å²) in [5.41, 5.74) is 2.71. The number of thioether (sulfide) groups is 1. The van der Waals surface area contributed by atoms with Crippen LogP contribution in [0.3, 0.4) is 0 Å². The number of carbonyl (C=O) groups is 2. The Labute approximate surface area is 202 Å². The molecule has 4 heteroatoms. The molecule has 2 aliphatic carbocycles. The van der Waals surface area contributed by atoms with Crippen molar-refractivity contribution in [3.05, 3.63) is 71.8 Å². The summed E-state index contributed by atoms with van der Waals surface area (Å²) in [5.74, 6) is 0.848. The van der Waals surface area contributed by atoms with E-state index < -0.39 is 10.8 Å². The highest BCUT2D eigenvalue weighted by molar-refractivity contribution is 8.00. The van der Waals surface area contributed by atoms with Gasteiger partial charge in [-0.25, -0.2) is 0 Å². The third-order valence-electron chi connectivity index (χ3n) is 7.60. The van der Waals surface area contributed by atoms with Gasteiger partial charge in [-0.2, -0.15) is 11.8 Å². The van der Waals surface area contributed by atoms with Crippen molar-refractivity contribution in [3.63, 3.8) is 0 Å². The summed E-state index contributed by atoms with van der Waals surface area (Å²) in [4.78, 5) is 29.8. The van der Waals surface area contributed by atoms with Gasteiger partial charge in [0, 0.05) is 19.3 Å². The summed E-state index contributed by atoms with van der Waals surface area (Å²) in [6, 6.07) is 20.5. The number of hydrogen-bond donors (Lipinski definition) is 0. The molecule has 4 rings (SSSR count). The molecular formula is C29H35NO2S. The molecule has 0 aliphatic heterocycles. The summed E-state index contributed by atoms with van der Waals surface area (Å²) in [5, 5.41) is -0.0792. The first-order valence-corrected chi connectivity index (χ1v) is 13.1. The molecule has 4 atom stereocenters. The quantitative estimate of drug-likeness (QED) is 0.439. The summed E-state index contributed by atoms with van der Waals surface area (Å²) < 4.78 is 0. The predicted octanol–water partition coefficient (Wildman–Crippen LogP) is 6.20. The average Bonchev–Trinajstić information content (AvgIpc) is 3.11. The highest BCUT2D eigenvalue weighted by atomic mass is 32.2. The second kappa shape index (κ2) is 9.13. The van der Waals surface area contributed by atoms with E-state index in [-0.39, 0.29) is 22.9 Å². The van der Waals surface area contributed by atoms with Gasteiger partial charge in [0.15, 0.2) is 5.78 Å². The Bertz CT molecular complexity index is 1060. The minimum Gasteiger partial charge on any atom is -0.349 e. The van der Waals surface area contributed by atoms with Crippen LogP contribution in [0.5, 0.6) is 0 Å². The third kappa shape index (κ3) is 3.58. The lowest BCUT2D eigenvalue weighted by molar-refractivity contribution is -0.137. The third-order valence-corrected chi connectivity index (χ3v) is 9.23. The molecule has 0 saturated heterocycles. The Morgan fingerprint density at radius 2 is 1.39 bits per heavy atom. The van der Waals surface area contributed by atoms with Crippen LogP contribution in [0.2, 0.25) is 0 Å². The molecule has 0 N–H and O–H groups in total. The van der Waals surface area contributed by atoms with Gasteiger partial charge < -0.3 is 4.90 Å². The molecule has 2 bridgehead atoms. The monoisotopic (exact) mass is 461 g/mol. The van der Waals surface area contributed by atoms with E-state index in [1.54, 1.807) is 4.90 Å². The highest BCUT2D eigenvalue weighted by Gasteiger charge is 2.73. The lowest BCUT2D eigenvalue weighted by atomic mass is 9.66. The zero-order valence-corrected chi connectivity index (χ0v) is 21.2. The minimum absolute atomic E-state index is 0.0584. The lowest BCUT2D eigenvalue weighted by Gasteiger charge is -2.41. The van der Waals surface area contributed by atoms with E-state index in [0.29, 0.717) is 0 Å². The Morgan fingerprint density at radius 3 is 1.88 bits per heavy atom. The van der Waals surface area contributed by atoms with Crippen molar-refractivity contribution in [2.75, 3.05) is 19.8 Å². The molecule has 1 amide bonds. The second-order valence-electron chi connectivity index (χ2n) is 9.92. The van der Waals surface area contributed by atoms with Crippen molar-refractivity contribution in [3.8, 4) is 0 Å². The first-order valence-electron chi connectivity index (χ1n) is 12.0. The van der Waals surface area contributed by atoms with Gasteiger partial charge in [-0.05, 0) is 48.3 Å². The summed E-state index contributed by atoms with van der Waals surface area (Å²) in [6.45, 7) is 6.34. The van der Waals surface area contributed by atoms with Crippen LogP contribution in [0.25, 0.3) is 11.1 Å². The topological polar surface area (TPSA) is 37.4 Å². The molecule has 2 aromatic rings. The van der Waals surface area contributed by atoms with Crippen molar-refractivity contribution in [1.82, 2.24) is 4.90 Å². The number of rotatable bonds is 8. The minimum atomic E-state index is -0.856. The first kappa shape index (κ1) is 23.8. The fourth-order valence-electron chi connectivity index (χ4n) is 6.07. The number of Topliss-reactive ketones (excluding diaryl/α,β-unsaturated/α-hetero) is 1. The zero-order chi connectivity index (χ0) is 23.8. The van der Waals surface area contributed by atoms with E-state index in [2.05, 4.69) is 38.1 Å². The predicted molar refractivity (Wildman–Crippen MR) is 139 cm³/mol. The van der Waals surface area contributed by atoms with Crippen LogP contribution in [0.1, 0.15) is 51.2 Å². The summed E-state index contributed by atoms with van der Waals surface area (Å²) in [6.07, 6.45) is 3.44. The van der Waals surface area contributed by atoms with Crippen LogP contribution in [0.15, 0.2) is 60.7 Å². The lowest BCUT2D eigenvalue weighted by Crippen LogP contribution is -2.45. The maximum Gasteiger partial charge on any atom is 0.227 e. The van der Waals surface area contributed by atoms with Crippen LogP contribution < -0.4 is 0 Å². The molecule has 2 aromatic carbocycles. The largest absolute Gasteiger partial charge is 0.349 e. The molecule has 0 radical (unpaired) electrons. The Kier molecular flexibility index (Phi) is 6.59. The van der Waals surface area contributed by atoms with Gasteiger partial charge in [0.05, 0.1) is 16.7 Å². The highest BCUT2D eigenvalue weighted by Crippen LogP contribution is 2.71. The van der Waals surface area contributed by atoms with Gasteiger partial charge in [-0.3, -0.25) is 9.59 Å². The molecule has 1 fully saturated rings. The van der Waals surface area contributed by atoms with Crippen LogP contribution in [-0.4, -0.2) is 41.7 Å². The van der Waals surface area contributed by atoms with Crippen molar-refractivity contribution in [2.45, 2.75) is 45.3 Å². The second-order valence-corrected chi connectivity index (χ2v) is 11.2. The standard InChI is InChI=1S/C29H35NO2S/c1-6-7-14-19-33-25-24(26(31)30(4)5)28(2)22(20-15-10-8-11-16-20)23(29(25,3)27(28)32)21-17-12-9-13-18-21/h8-13,15-18,24-25H,6-7,14,19H2,1-5H3/t24-,25-,28+,29+/m0/s1. The van der Waals surface area contributed by atoms with Gasteiger partial charge in [-0.15, -0.1) is 0 Å². The van der Waals surface area contributed by atoms with E-state index in [1.165, 1.54) is 6.42 Å². The van der Waals surface area contributed by atoms with Crippen LogP contribution in [0.4, 0.5) is 0 Å². The molecule has 0 spiro atoms. The molecule has 2 aliphatic rings. The Balaban J connectivity index is 1.97. The SMILES string of the molecule is CCCCCS[C@H]1[C@@H](C(=O)N(C)C)[C@]2(C)C(=O)[C@]1(C)C(c1ccccc1)=C2c1ccccc1. The smallest absolute Gasteiger partial charge is 0.227 e. The Morgan fingerprint density at radius 1 is 0.879 bits per heavy atom. The van der Waals surface area contributed by atoms with Gasteiger partial charge in [0.1, 0.15) is 0 Å². The molecule has 3 nitrogen and oxygen atoms in total.